The van der Waals surface area contributed by atoms with Crippen molar-refractivity contribution >= 4 is 11.8 Å². The Bertz CT molecular complexity index is 384. The van der Waals surface area contributed by atoms with Crippen LogP contribution in [0.25, 0.3) is 0 Å². The van der Waals surface area contributed by atoms with Crippen LogP contribution in [-0.2, 0) is 9.59 Å². The highest BCUT2D eigenvalue weighted by Crippen LogP contribution is 2.29. The van der Waals surface area contributed by atoms with Crippen molar-refractivity contribution in [1.82, 2.24) is 10.2 Å². The SMILES string of the molecule is CC(C)C(CCN)CCC(=O)N1CCCC2C(=O)NCC21. The molecule has 2 aliphatic heterocycles. The van der Waals surface area contributed by atoms with E-state index in [2.05, 4.69) is 19.2 Å². The quantitative estimate of drug-likeness (QED) is 0.771. The van der Waals surface area contributed by atoms with Crippen molar-refractivity contribution in [3.05, 3.63) is 0 Å². The van der Waals surface area contributed by atoms with Crippen molar-refractivity contribution in [1.29, 1.82) is 0 Å². The molecule has 0 spiro atoms. The molecular formula is C16H29N3O2. The summed E-state index contributed by atoms with van der Waals surface area (Å²) in [6.45, 7) is 6.51. The van der Waals surface area contributed by atoms with Gasteiger partial charge in [-0.3, -0.25) is 9.59 Å². The molecule has 0 radical (unpaired) electrons. The Morgan fingerprint density at radius 2 is 2.19 bits per heavy atom. The topological polar surface area (TPSA) is 75.4 Å². The first-order valence-corrected chi connectivity index (χ1v) is 8.31. The molecule has 2 heterocycles. The minimum Gasteiger partial charge on any atom is -0.354 e. The average Bonchev–Trinajstić information content (AvgIpc) is 2.84. The van der Waals surface area contributed by atoms with Crippen molar-refractivity contribution in [2.75, 3.05) is 19.6 Å². The molecule has 0 aromatic rings. The Labute approximate surface area is 127 Å². The molecule has 2 fully saturated rings. The zero-order valence-electron chi connectivity index (χ0n) is 13.3. The predicted molar refractivity (Wildman–Crippen MR) is 82.5 cm³/mol. The number of hydrogen-bond donors (Lipinski definition) is 2. The molecule has 0 saturated carbocycles. The van der Waals surface area contributed by atoms with Gasteiger partial charge in [0.1, 0.15) is 0 Å². The number of fused-ring (bicyclic) bond motifs is 1. The summed E-state index contributed by atoms with van der Waals surface area (Å²) in [5.41, 5.74) is 5.66. The fraction of sp³-hybridized carbons (Fsp3) is 0.875. The van der Waals surface area contributed by atoms with Crippen LogP contribution in [0.15, 0.2) is 0 Å². The van der Waals surface area contributed by atoms with Gasteiger partial charge in [-0.2, -0.15) is 0 Å². The highest BCUT2D eigenvalue weighted by molar-refractivity contribution is 5.84. The first-order chi connectivity index (χ1) is 10.0. The van der Waals surface area contributed by atoms with Crippen molar-refractivity contribution in [2.45, 2.75) is 52.0 Å². The maximum Gasteiger partial charge on any atom is 0.225 e. The molecule has 0 bridgehead atoms. The molecule has 21 heavy (non-hydrogen) atoms. The van der Waals surface area contributed by atoms with Crippen LogP contribution in [-0.4, -0.2) is 42.4 Å². The van der Waals surface area contributed by atoms with Crippen molar-refractivity contribution < 1.29 is 9.59 Å². The van der Waals surface area contributed by atoms with E-state index in [-0.39, 0.29) is 23.8 Å². The van der Waals surface area contributed by atoms with E-state index in [4.69, 9.17) is 5.73 Å². The monoisotopic (exact) mass is 295 g/mol. The van der Waals surface area contributed by atoms with Crippen LogP contribution >= 0.6 is 0 Å². The molecule has 0 aliphatic carbocycles. The maximum atomic E-state index is 12.5. The van der Waals surface area contributed by atoms with Crippen LogP contribution in [0.2, 0.25) is 0 Å². The third-order valence-electron chi connectivity index (χ3n) is 5.13. The molecule has 2 rings (SSSR count). The lowest BCUT2D eigenvalue weighted by Gasteiger charge is -2.36. The van der Waals surface area contributed by atoms with Gasteiger partial charge in [-0.05, 0) is 44.1 Å². The van der Waals surface area contributed by atoms with Crippen LogP contribution in [0, 0.1) is 17.8 Å². The molecular weight excluding hydrogens is 266 g/mol. The third-order valence-corrected chi connectivity index (χ3v) is 5.13. The fourth-order valence-corrected chi connectivity index (χ4v) is 3.74. The van der Waals surface area contributed by atoms with Crippen LogP contribution in [0.1, 0.15) is 46.0 Å². The number of nitrogens with one attached hydrogen (secondary N) is 1. The molecule has 5 heteroatoms. The van der Waals surface area contributed by atoms with E-state index in [0.717, 1.165) is 32.2 Å². The van der Waals surface area contributed by atoms with E-state index >= 15 is 0 Å². The van der Waals surface area contributed by atoms with Gasteiger partial charge in [-0.1, -0.05) is 13.8 Å². The van der Waals surface area contributed by atoms with Crippen molar-refractivity contribution in [3.8, 4) is 0 Å². The number of piperidine rings is 1. The molecule has 3 unspecified atom stereocenters. The Hall–Kier alpha value is -1.10. The largest absolute Gasteiger partial charge is 0.354 e. The molecule has 3 N–H and O–H groups in total. The smallest absolute Gasteiger partial charge is 0.225 e. The van der Waals surface area contributed by atoms with Crippen LogP contribution in [0.4, 0.5) is 0 Å². The summed E-state index contributed by atoms with van der Waals surface area (Å²) in [5.74, 6) is 1.44. The molecule has 0 aromatic carbocycles. The van der Waals surface area contributed by atoms with Gasteiger partial charge in [0, 0.05) is 19.5 Å². The van der Waals surface area contributed by atoms with Gasteiger partial charge in [0.25, 0.3) is 0 Å². The van der Waals surface area contributed by atoms with Crippen molar-refractivity contribution in [2.24, 2.45) is 23.5 Å². The minimum absolute atomic E-state index is 0.0210. The van der Waals surface area contributed by atoms with Gasteiger partial charge in [0.05, 0.1) is 12.0 Å². The second-order valence-electron chi connectivity index (χ2n) is 6.77. The Balaban J connectivity index is 1.89. The number of likely N-dealkylation sites (tertiary alicyclic amines) is 1. The molecule has 2 amide bonds. The lowest BCUT2D eigenvalue weighted by Crippen LogP contribution is -2.48. The second-order valence-corrected chi connectivity index (χ2v) is 6.77. The summed E-state index contributed by atoms with van der Waals surface area (Å²) in [6.07, 6.45) is 4.33. The van der Waals surface area contributed by atoms with E-state index in [1.165, 1.54) is 0 Å². The summed E-state index contributed by atoms with van der Waals surface area (Å²) < 4.78 is 0. The standard InChI is InChI=1S/C16H29N3O2/c1-11(2)12(7-8-17)5-6-15(20)19-9-3-4-13-14(19)10-18-16(13)21/h11-14H,3-10,17H2,1-2H3,(H,18,21). The number of hydrogen-bond acceptors (Lipinski definition) is 3. The van der Waals surface area contributed by atoms with E-state index < -0.39 is 0 Å². The average molecular weight is 295 g/mol. The number of amides is 2. The van der Waals surface area contributed by atoms with Crippen LogP contribution in [0.5, 0.6) is 0 Å². The van der Waals surface area contributed by atoms with Crippen LogP contribution < -0.4 is 11.1 Å². The molecule has 2 saturated heterocycles. The van der Waals surface area contributed by atoms with Crippen molar-refractivity contribution in [3.63, 3.8) is 0 Å². The number of nitrogens with two attached hydrogens (primary N) is 1. The number of carbonyl (C=O) groups is 2. The molecule has 2 aliphatic rings. The first-order valence-electron chi connectivity index (χ1n) is 8.31. The summed E-state index contributed by atoms with van der Waals surface area (Å²) >= 11 is 0. The Morgan fingerprint density at radius 3 is 2.86 bits per heavy atom. The highest BCUT2D eigenvalue weighted by atomic mass is 16.2. The minimum atomic E-state index is 0.0210. The first kappa shape index (κ1) is 16.3. The summed E-state index contributed by atoms with van der Waals surface area (Å²) in [6, 6.07) is 0.0887. The molecule has 0 aromatic heterocycles. The third kappa shape index (κ3) is 3.76. The zero-order chi connectivity index (χ0) is 15.4. The predicted octanol–water partition coefficient (Wildman–Crippen LogP) is 1.12. The van der Waals surface area contributed by atoms with Crippen LogP contribution in [0.3, 0.4) is 0 Å². The number of rotatable bonds is 6. The summed E-state index contributed by atoms with van der Waals surface area (Å²) in [7, 11) is 0. The highest BCUT2D eigenvalue weighted by Gasteiger charge is 2.42. The van der Waals surface area contributed by atoms with E-state index in [1.54, 1.807) is 0 Å². The maximum absolute atomic E-state index is 12.5. The lowest BCUT2D eigenvalue weighted by atomic mass is 9.87. The van der Waals surface area contributed by atoms with E-state index in [1.807, 2.05) is 4.90 Å². The molecule has 3 atom stereocenters. The van der Waals surface area contributed by atoms with Gasteiger partial charge >= 0.3 is 0 Å². The Kier molecular flexibility index (Phi) is 5.62. The lowest BCUT2D eigenvalue weighted by molar-refractivity contribution is -0.137. The summed E-state index contributed by atoms with van der Waals surface area (Å²) in [4.78, 5) is 26.2. The number of carbonyl (C=O) groups excluding carboxylic acids is 2. The second kappa shape index (κ2) is 7.25. The van der Waals surface area contributed by atoms with E-state index in [9.17, 15) is 9.59 Å². The number of nitrogens with zero attached hydrogens (tertiary/aromatic N) is 1. The molecule has 120 valence electrons. The summed E-state index contributed by atoms with van der Waals surface area (Å²) in [5, 5.41) is 2.90. The fourth-order valence-electron chi connectivity index (χ4n) is 3.74. The van der Waals surface area contributed by atoms with E-state index in [0.29, 0.717) is 31.3 Å². The van der Waals surface area contributed by atoms with Gasteiger partial charge in [0.15, 0.2) is 0 Å². The molecule has 5 nitrogen and oxygen atoms in total. The van der Waals surface area contributed by atoms with Gasteiger partial charge in [-0.25, -0.2) is 0 Å². The zero-order valence-corrected chi connectivity index (χ0v) is 13.3. The normalized spacial score (nSPS) is 26.7. The Morgan fingerprint density at radius 1 is 1.43 bits per heavy atom. The van der Waals surface area contributed by atoms with Gasteiger partial charge in [0.2, 0.25) is 11.8 Å². The van der Waals surface area contributed by atoms with Gasteiger partial charge in [-0.15, -0.1) is 0 Å². The van der Waals surface area contributed by atoms with Gasteiger partial charge < -0.3 is 16.0 Å².